The molecule has 0 unspecified atom stereocenters. The van der Waals surface area contributed by atoms with Crippen molar-refractivity contribution in [1.82, 2.24) is 0 Å². The maximum absolute atomic E-state index is 9.57. The summed E-state index contributed by atoms with van der Waals surface area (Å²) >= 11 is 0. The fraction of sp³-hybridized carbons (Fsp3) is 0.500. The lowest BCUT2D eigenvalue weighted by Gasteiger charge is -1.75. The summed E-state index contributed by atoms with van der Waals surface area (Å²) in [6.45, 7) is 5.94. The van der Waals surface area contributed by atoms with Crippen molar-refractivity contribution >= 4 is 10.1 Å². The molecule has 40 valence electrons. The van der Waals surface area contributed by atoms with Crippen LogP contribution in [0.4, 0.5) is 0 Å². The van der Waals surface area contributed by atoms with E-state index < -0.39 is 16.0 Å². The van der Waals surface area contributed by atoms with Crippen LogP contribution < -0.4 is 0 Å². The van der Waals surface area contributed by atoms with Crippen LogP contribution in [0.25, 0.3) is 4.85 Å². The molecule has 0 aliphatic heterocycles. The Morgan fingerprint density at radius 3 is 2.14 bits per heavy atom. The number of rotatable bonds is 1. The fourth-order valence-electron chi connectivity index (χ4n) is 0.0816. The monoisotopic (exact) mass is 121 g/mol. The first-order valence-corrected chi connectivity index (χ1v) is 2.95. The van der Waals surface area contributed by atoms with Crippen LogP contribution in [-0.4, -0.2) is 18.8 Å². The molecule has 5 heteroatoms. The van der Waals surface area contributed by atoms with E-state index in [4.69, 9.17) is 11.1 Å². The van der Waals surface area contributed by atoms with E-state index in [0.717, 1.165) is 0 Å². The molecule has 0 radical (unpaired) electrons. The molecule has 0 heterocycles. The fourth-order valence-corrected chi connectivity index (χ4v) is 0.245. The van der Waals surface area contributed by atoms with Gasteiger partial charge in [0.2, 0.25) is 0 Å². The summed E-state index contributed by atoms with van der Waals surface area (Å²) in [7, 11) is -4.03. The van der Waals surface area contributed by atoms with Crippen LogP contribution in [0.1, 0.15) is 0 Å². The molecule has 0 saturated carbocycles. The van der Waals surface area contributed by atoms with Crippen molar-refractivity contribution in [2.24, 2.45) is 0 Å². The first kappa shape index (κ1) is 6.40. The van der Waals surface area contributed by atoms with Crippen molar-refractivity contribution < 1.29 is 13.0 Å². The summed E-state index contributed by atoms with van der Waals surface area (Å²) in [4.78, 5) is 2.42. The van der Waals surface area contributed by atoms with Gasteiger partial charge >= 0.3 is 16.0 Å². The van der Waals surface area contributed by atoms with E-state index in [-0.39, 0.29) is 0 Å². The Balaban J connectivity index is 3.92. The lowest BCUT2D eigenvalue weighted by Crippen LogP contribution is -1.97. The molecule has 0 fully saturated rings. The van der Waals surface area contributed by atoms with E-state index in [9.17, 15) is 8.42 Å². The molecule has 7 heavy (non-hydrogen) atoms. The Morgan fingerprint density at radius 1 is 1.71 bits per heavy atom. The normalized spacial score (nSPS) is 10.3. The second kappa shape index (κ2) is 1.91. The van der Waals surface area contributed by atoms with Crippen molar-refractivity contribution in [3.8, 4) is 0 Å². The van der Waals surface area contributed by atoms with Crippen LogP contribution in [0, 0.1) is 6.57 Å². The lowest BCUT2D eigenvalue weighted by molar-refractivity contribution is 0.486. The summed E-state index contributed by atoms with van der Waals surface area (Å²) in [5.41, 5.74) is 0. The molecule has 0 amide bonds. The van der Waals surface area contributed by atoms with Gasteiger partial charge in [0.1, 0.15) is 0 Å². The summed E-state index contributed by atoms with van der Waals surface area (Å²) in [5.74, 6) is -0.840. The maximum Gasteiger partial charge on any atom is 0.340 e. The van der Waals surface area contributed by atoms with Gasteiger partial charge < -0.3 is 0 Å². The smallest absolute Gasteiger partial charge is 0.297 e. The van der Waals surface area contributed by atoms with Crippen molar-refractivity contribution in [2.45, 2.75) is 0 Å². The van der Waals surface area contributed by atoms with Gasteiger partial charge in [0.15, 0.2) is 0 Å². The van der Waals surface area contributed by atoms with Crippen molar-refractivity contribution in [2.75, 3.05) is 5.88 Å². The highest BCUT2D eigenvalue weighted by Gasteiger charge is 2.03. The maximum atomic E-state index is 9.57. The van der Waals surface area contributed by atoms with Gasteiger partial charge in [0, 0.05) is 0 Å². The zero-order chi connectivity index (χ0) is 5.91. The molecule has 0 atom stereocenters. The van der Waals surface area contributed by atoms with Gasteiger partial charge in [-0.25, -0.2) is 6.57 Å². The summed E-state index contributed by atoms with van der Waals surface area (Å²) in [6, 6.07) is 0. The highest BCUT2D eigenvalue weighted by Crippen LogP contribution is 1.78. The summed E-state index contributed by atoms with van der Waals surface area (Å²) in [6.07, 6.45) is 0. The standard InChI is InChI=1S/C2H3NO3S/c1-3-2-7(4,5)6/h2H2,(H,4,5,6). The predicted octanol–water partition coefficient (Wildman–Crippen LogP) is -0.249. The number of hydrogen-bond donors (Lipinski definition) is 1. The number of hydrogen-bond acceptors (Lipinski definition) is 2. The molecule has 0 aromatic carbocycles. The molecule has 0 bridgehead atoms. The van der Waals surface area contributed by atoms with Crippen LogP contribution in [0.2, 0.25) is 0 Å². The molecule has 0 aromatic rings. The lowest BCUT2D eigenvalue weighted by atomic mass is 11.5. The molecular weight excluding hydrogens is 118 g/mol. The molecule has 4 nitrogen and oxygen atoms in total. The van der Waals surface area contributed by atoms with Crippen molar-refractivity contribution in [3.63, 3.8) is 0 Å². The van der Waals surface area contributed by atoms with Crippen LogP contribution >= 0.6 is 0 Å². The minimum atomic E-state index is -4.03. The average molecular weight is 121 g/mol. The van der Waals surface area contributed by atoms with Gasteiger partial charge in [0.05, 0.1) is 0 Å². The van der Waals surface area contributed by atoms with Crippen LogP contribution in [0.3, 0.4) is 0 Å². The molecule has 0 aliphatic rings. The van der Waals surface area contributed by atoms with E-state index in [1.807, 2.05) is 0 Å². The second-order valence-corrected chi connectivity index (χ2v) is 2.29. The van der Waals surface area contributed by atoms with Crippen LogP contribution in [0.5, 0.6) is 0 Å². The van der Waals surface area contributed by atoms with Gasteiger partial charge in [-0.1, -0.05) is 0 Å². The highest BCUT2D eigenvalue weighted by molar-refractivity contribution is 7.85. The highest BCUT2D eigenvalue weighted by atomic mass is 32.2. The minimum absolute atomic E-state index is 0.840. The number of nitrogens with zero attached hydrogens (tertiary/aromatic N) is 1. The first-order valence-electron chi connectivity index (χ1n) is 1.34. The largest absolute Gasteiger partial charge is 0.340 e. The Bertz CT molecular complexity index is 174. The van der Waals surface area contributed by atoms with Crippen molar-refractivity contribution in [1.29, 1.82) is 0 Å². The molecule has 0 aromatic heterocycles. The first-order chi connectivity index (χ1) is 3.06. The van der Waals surface area contributed by atoms with Crippen LogP contribution in [0.15, 0.2) is 0 Å². The van der Waals surface area contributed by atoms with Gasteiger partial charge in [-0.05, 0) is 0 Å². The zero-order valence-corrected chi connectivity index (χ0v) is 4.14. The Labute approximate surface area is 41.3 Å². The summed E-state index contributed by atoms with van der Waals surface area (Å²) in [5, 5.41) is 0. The SMILES string of the molecule is [C-]#[N+]CS(=O)(=O)O. The third-order valence-electron chi connectivity index (χ3n) is 0.228. The molecule has 0 aliphatic carbocycles. The molecular formula is C2H3NO3S. The van der Waals surface area contributed by atoms with E-state index >= 15 is 0 Å². The molecule has 0 saturated heterocycles. The minimum Gasteiger partial charge on any atom is -0.297 e. The van der Waals surface area contributed by atoms with Gasteiger partial charge in [-0.15, -0.1) is 0 Å². The van der Waals surface area contributed by atoms with Crippen molar-refractivity contribution in [3.05, 3.63) is 11.4 Å². The molecule has 1 N–H and O–H groups in total. The Kier molecular flexibility index (Phi) is 1.75. The quantitative estimate of drug-likeness (QED) is 0.384. The third kappa shape index (κ3) is 5.40. The topological polar surface area (TPSA) is 58.7 Å². The Morgan fingerprint density at radius 2 is 2.14 bits per heavy atom. The molecule has 0 spiro atoms. The second-order valence-electron chi connectivity index (χ2n) is 0.869. The molecule has 0 rings (SSSR count). The van der Waals surface area contributed by atoms with E-state index in [1.165, 1.54) is 0 Å². The van der Waals surface area contributed by atoms with E-state index in [2.05, 4.69) is 4.85 Å². The average Bonchev–Trinajstić information content (AvgIpc) is 1.30. The van der Waals surface area contributed by atoms with Gasteiger partial charge in [-0.2, -0.15) is 8.42 Å². The van der Waals surface area contributed by atoms with Gasteiger partial charge in [0.25, 0.3) is 0 Å². The zero-order valence-electron chi connectivity index (χ0n) is 3.33. The van der Waals surface area contributed by atoms with Crippen LogP contribution in [-0.2, 0) is 10.1 Å². The van der Waals surface area contributed by atoms with Gasteiger partial charge in [-0.3, -0.25) is 9.40 Å². The van der Waals surface area contributed by atoms with E-state index in [0.29, 0.717) is 0 Å². The third-order valence-corrected chi connectivity index (χ3v) is 0.683. The Hall–Kier alpha value is -0.600. The predicted molar refractivity (Wildman–Crippen MR) is 23.0 cm³/mol. The summed E-state index contributed by atoms with van der Waals surface area (Å²) < 4.78 is 26.9. The van der Waals surface area contributed by atoms with E-state index in [1.54, 1.807) is 0 Å².